The van der Waals surface area contributed by atoms with Gasteiger partial charge in [0.2, 0.25) is 10.0 Å². The van der Waals surface area contributed by atoms with Gasteiger partial charge in [0.15, 0.2) is 17.1 Å². The standard InChI is InChI=1S/C20H20N2O5S/c1-26-17-6-4-5-14-13-18(27-19(14)17)20(23)21-15-7-9-16(10-8-15)28(24,25)22-11-2-3-12-22/h4-10,13H,2-3,11-12H2,1H3,(H,21,23). The average molecular weight is 400 g/mol. The SMILES string of the molecule is COc1cccc2cc(C(=O)Nc3ccc(S(=O)(=O)N4CCCC4)cc3)oc12. The molecule has 2 aromatic carbocycles. The van der Waals surface area contributed by atoms with E-state index in [4.69, 9.17) is 9.15 Å². The van der Waals surface area contributed by atoms with Crippen molar-refractivity contribution in [3.05, 3.63) is 54.3 Å². The van der Waals surface area contributed by atoms with Crippen molar-refractivity contribution in [1.29, 1.82) is 0 Å². The number of methoxy groups -OCH3 is 1. The number of sulfonamides is 1. The van der Waals surface area contributed by atoms with Crippen LogP contribution in [0.1, 0.15) is 23.4 Å². The normalized spacial score (nSPS) is 15.0. The summed E-state index contributed by atoms with van der Waals surface area (Å²) in [6.07, 6.45) is 1.77. The molecule has 3 aromatic rings. The maximum atomic E-state index is 12.6. The molecule has 146 valence electrons. The van der Waals surface area contributed by atoms with Crippen molar-refractivity contribution >= 4 is 32.6 Å². The number of carbonyl (C=O) groups is 1. The second-order valence-electron chi connectivity index (χ2n) is 6.58. The van der Waals surface area contributed by atoms with Crippen LogP contribution in [0.25, 0.3) is 11.0 Å². The Morgan fingerprint density at radius 3 is 2.50 bits per heavy atom. The highest BCUT2D eigenvalue weighted by Crippen LogP contribution is 2.29. The van der Waals surface area contributed by atoms with E-state index in [1.807, 2.05) is 12.1 Å². The molecule has 1 aromatic heterocycles. The summed E-state index contributed by atoms with van der Waals surface area (Å²) in [4.78, 5) is 12.7. The van der Waals surface area contributed by atoms with E-state index < -0.39 is 15.9 Å². The summed E-state index contributed by atoms with van der Waals surface area (Å²) >= 11 is 0. The molecule has 1 N–H and O–H groups in total. The molecule has 4 rings (SSSR count). The Morgan fingerprint density at radius 1 is 1.11 bits per heavy atom. The Labute approximate surface area is 162 Å². The molecular weight excluding hydrogens is 380 g/mol. The highest BCUT2D eigenvalue weighted by atomic mass is 32.2. The molecule has 0 unspecified atom stereocenters. The monoisotopic (exact) mass is 400 g/mol. The Balaban J connectivity index is 1.52. The number of para-hydroxylation sites is 1. The van der Waals surface area contributed by atoms with Gasteiger partial charge in [-0.25, -0.2) is 8.42 Å². The number of carbonyl (C=O) groups excluding carboxylic acids is 1. The van der Waals surface area contributed by atoms with E-state index in [1.54, 1.807) is 24.3 Å². The van der Waals surface area contributed by atoms with Gasteiger partial charge in [-0.2, -0.15) is 4.31 Å². The van der Waals surface area contributed by atoms with Gasteiger partial charge in [-0.3, -0.25) is 4.79 Å². The third kappa shape index (κ3) is 3.36. The average Bonchev–Trinajstić information content (AvgIpc) is 3.38. The van der Waals surface area contributed by atoms with Crippen molar-refractivity contribution in [3.8, 4) is 5.75 Å². The van der Waals surface area contributed by atoms with Crippen LogP contribution in [-0.2, 0) is 10.0 Å². The maximum absolute atomic E-state index is 12.6. The van der Waals surface area contributed by atoms with E-state index in [1.165, 1.54) is 23.5 Å². The van der Waals surface area contributed by atoms with Gasteiger partial charge in [-0.15, -0.1) is 0 Å². The Kier molecular flexibility index (Phi) is 4.82. The number of rotatable bonds is 5. The zero-order valence-electron chi connectivity index (χ0n) is 15.3. The van der Waals surface area contributed by atoms with Crippen molar-refractivity contribution < 1.29 is 22.4 Å². The first kappa shape index (κ1) is 18.5. The third-order valence-corrected chi connectivity index (χ3v) is 6.68. The smallest absolute Gasteiger partial charge is 0.291 e. The van der Waals surface area contributed by atoms with Crippen LogP contribution < -0.4 is 10.1 Å². The molecule has 0 aliphatic carbocycles. The number of hydrogen-bond donors (Lipinski definition) is 1. The highest BCUT2D eigenvalue weighted by Gasteiger charge is 2.27. The van der Waals surface area contributed by atoms with Gasteiger partial charge in [-0.1, -0.05) is 12.1 Å². The second-order valence-corrected chi connectivity index (χ2v) is 8.52. The number of hydrogen-bond acceptors (Lipinski definition) is 5. The summed E-state index contributed by atoms with van der Waals surface area (Å²) in [5.41, 5.74) is 0.986. The number of amides is 1. The minimum absolute atomic E-state index is 0.147. The fraction of sp³-hybridized carbons (Fsp3) is 0.250. The van der Waals surface area contributed by atoms with E-state index >= 15 is 0 Å². The van der Waals surface area contributed by atoms with Crippen LogP contribution in [0.2, 0.25) is 0 Å². The van der Waals surface area contributed by atoms with Crippen molar-refractivity contribution in [3.63, 3.8) is 0 Å². The lowest BCUT2D eigenvalue weighted by Gasteiger charge is -2.15. The minimum atomic E-state index is -3.47. The molecule has 1 fully saturated rings. The molecule has 2 heterocycles. The number of nitrogens with zero attached hydrogens (tertiary/aromatic N) is 1. The molecule has 1 amide bonds. The fourth-order valence-electron chi connectivity index (χ4n) is 3.29. The zero-order valence-corrected chi connectivity index (χ0v) is 16.2. The molecule has 0 spiro atoms. The van der Waals surface area contributed by atoms with Crippen molar-refractivity contribution in [1.82, 2.24) is 4.31 Å². The predicted molar refractivity (Wildman–Crippen MR) is 105 cm³/mol. The van der Waals surface area contributed by atoms with Gasteiger partial charge in [0.25, 0.3) is 5.91 Å². The first-order chi connectivity index (χ1) is 13.5. The molecule has 0 radical (unpaired) electrons. The lowest BCUT2D eigenvalue weighted by molar-refractivity contribution is 0.0998. The predicted octanol–water partition coefficient (Wildman–Crippen LogP) is 3.48. The summed E-state index contributed by atoms with van der Waals surface area (Å²) in [5.74, 6) is 0.273. The highest BCUT2D eigenvalue weighted by molar-refractivity contribution is 7.89. The lowest BCUT2D eigenvalue weighted by atomic mass is 10.2. The minimum Gasteiger partial charge on any atom is -0.493 e. The van der Waals surface area contributed by atoms with Crippen LogP contribution in [-0.4, -0.2) is 38.8 Å². The second kappa shape index (κ2) is 7.29. The van der Waals surface area contributed by atoms with Gasteiger partial charge < -0.3 is 14.5 Å². The fourth-order valence-corrected chi connectivity index (χ4v) is 4.81. The van der Waals surface area contributed by atoms with Crippen LogP contribution in [0.3, 0.4) is 0 Å². The molecule has 0 bridgehead atoms. The number of fused-ring (bicyclic) bond motifs is 1. The van der Waals surface area contributed by atoms with E-state index in [-0.39, 0.29) is 10.7 Å². The molecule has 7 nitrogen and oxygen atoms in total. The van der Waals surface area contributed by atoms with Crippen LogP contribution >= 0.6 is 0 Å². The Bertz CT molecular complexity index is 1110. The van der Waals surface area contributed by atoms with E-state index in [0.29, 0.717) is 30.1 Å². The number of benzene rings is 2. The quantitative estimate of drug-likeness (QED) is 0.708. The first-order valence-corrected chi connectivity index (χ1v) is 10.4. The van der Waals surface area contributed by atoms with E-state index in [9.17, 15) is 13.2 Å². The molecule has 1 saturated heterocycles. The number of anilines is 1. The molecule has 1 aliphatic rings. The number of nitrogens with one attached hydrogen (secondary N) is 1. The molecule has 8 heteroatoms. The van der Waals surface area contributed by atoms with Crippen LogP contribution in [0, 0.1) is 0 Å². The lowest BCUT2D eigenvalue weighted by Crippen LogP contribution is -2.27. The number of ether oxygens (including phenoxy) is 1. The molecule has 1 aliphatic heterocycles. The van der Waals surface area contributed by atoms with Gasteiger partial charge >= 0.3 is 0 Å². The third-order valence-electron chi connectivity index (χ3n) is 4.77. The molecule has 0 saturated carbocycles. The van der Waals surface area contributed by atoms with Gasteiger partial charge in [0.1, 0.15) is 0 Å². The topological polar surface area (TPSA) is 88.8 Å². The van der Waals surface area contributed by atoms with Gasteiger partial charge in [0, 0.05) is 24.2 Å². The van der Waals surface area contributed by atoms with Crippen molar-refractivity contribution in [2.24, 2.45) is 0 Å². The Hall–Kier alpha value is -2.84. The van der Waals surface area contributed by atoms with Crippen LogP contribution in [0.4, 0.5) is 5.69 Å². The summed E-state index contributed by atoms with van der Waals surface area (Å²) < 4.78 is 37.5. The van der Waals surface area contributed by atoms with Gasteiger partial charge in [0.05, 0.1) is 12.0 Å². The largest absolute Gasteiger partial charge is 0.493 e. The summed E-state index contributed by atoms with van der Waals surface area (Å²) in [6, 6.07) is 13.2. The molecular formula is C20H20N2O5S. The number of furan rings is 1. The maximum Gasteiger partial charge on any atom is 0.291 e. The molecule has 28 heavy (non-hydrogen) atoms. The van der Waals surface area contributed by atoms with Gasteiger partial charge in [-0.05, 0) is 49.2 Å². The van der Waals surface area contributed by atoms with Crippen molar-refractivity contribution in [2.75, 3.05) is 25.5 Å². The summed E-state index contributed by atoms with van der Waals surface area (Å²) in [6.45, 7) is 1.10. The van der Waals surface area contributed by atoms with E-state index in [0.717, 1.165) is 18.2 Å². The summed E-state index contributed by atoms with van der Waals surface area (Å²) in [5, 5.41) is 3.48. The Morgan fingerprint density at radius 2 is 1.82 bits per heavy atom. The van der Waals surface area contributed by atoms with Crippen molar-refractivity contribution in [2.45, 2.75) is 17.7 Å². The zero-order chi connectivity index (χ0) is 19.7. The van der Waals surface area contributed by atoms with Crippen LogP contribution in [0.5, 0.6) is 5.75 Å². The molecule has 0 atom stereocenters. The first-order valence-electron chi connectivity index (χ1n) is 8.97. The van der Waals surface area contributed by atoms with E-state index in [2.05, 4.69) is 5.32 Å². The van der Waals surface area contributed by atoms with Crippen LogP contribution in [0.15, 0.2) is 57.8 Å². The summed E-state index contributed by atoms with van der Waals surface area (Å²) in [7, 11) is -1.94.